The molecule has 0 aliphatic rings. The lowest BCUT2D eigenvalue weighted by molar-refractivity contribution is 0.0993. The summed E-state index contributed by atoms with van der Waals surface area (Å²) in [5, 5.41) is 1.86. The summed E-state index contributed by atoms with van der Waals surface area (Å²) in [7, 11) is 0. The van der Waals surface area contributed by atoms with Gasteiger partial charge in [-0.3, -0.25) is 4.79 Å². The second kappa shape index (κ2) is 4.53. The van der Waals surface area contributed by atoms with Gasteiger partial charge in [-0.15, -0.1) is 11.3 Å². The average molecular weight is 238 g/mol. The Hall–Kier alpha value is -1.55. The van der Waals surface area contributed by atoms with Crippen molar-refractivity contribution >= 4 is 17.1 Å². The molecule has 1 aromatic heterocycles. The van der Waals surface area contributed by atoms with E-state index in [0.717, 1.165) is 23.1 Å². The summed E-state index contributed by atoms with van der Waals surface area (Å²) in [6, 6.07) is 6.51. The molecular weight excluding hydrogens is 230 g/mol. The topological polar surface area (TPSA) is 17.1 Å². The van der Waals surface area contributed by atoms with Crippen LogP contribution in [0.25, 0.3) is 0 Å². The quantitative estimate of drug-likeness (QED) is 0.748. The molecule has 1 aromatic carbocycles. The first kappa shape index (κ1) is 11.0. The summed E-state index contributed by atoms with van der Waals surface area (Å²) in [5.74, 6) is -1.73. The smallest absolute Gasteiger partial charge is 0.168 e. The molecule has 0 N–H and O–H groups in total. The number of benzene rings is 1. The normalized spacial score (nSPS) is 10.4. The predicted molar refractivity (Wildman–Crippen MR) is 58.7 cm³/mol. The van der Waals surface area contributed by atoms with Gasteiger partial charge in [0, 0.05) is 22.9 Å². The molecule has 0 aliphatic heterocycles. The number of hydrogen-bond donors (Lipinski definition) is 0. The molecule has 0 bridgehead atoms. The Morgan fingerprint density at radius 3 is 2.44 bits per heavy atom. The fourth-order valence-electron chi connectivity index (χ4n) is 1.39. The molecule has 82 valence electrons. The number of hydrogen-bond acceptors (Lipinski definition) is 2. The second-order valence-electron chi connectivity index (χ2n) is 3.34. The molecule has 0 saturated carbocycles. The van der Waals surface area contributed by atoms with E-state index in [-0.39, 0.29) is 17.8 Å². The molecule has 0 radical (unpaired) electrons. The number of halogens is 2. The Labute approximate surface area is 95.4 Å². The van der Waals surface area contributed by atoms with Crippen molar-refractivity contribution in [1.29, 1.82) is 0 Å². The van der Waals surface area contributed by atoms with E-state index in [0.29, 0.717) is 0 Å². The number of Topliss-reactive ketones (excluding diaryl/α,β-unsaturated/α-hetero) is 1. The van der Waals surface area contributed by atoms with Gasteiger partial charge in [-0.2, -0.15) is 0 Å². The van der Waals surface area contributed by atoms with E-state index < -0.39 is 11.6 Å². The van der Waals surface area contributed by atoms with Gasteiger partial charge in [0.05, 0.1) is 0 Å². The number of thiophene rings is 1. The van der Waals surface area contributed by atoms with Crippen LogP contribution in [-0.4, -0.2) is 5.78 Å². The lowest BCUT2D eigenvalue weighted by Gasteiger charge is -2.00. The summed E-state index contributed by atoms with van der Waals surface area (Å²) in [5.41, 5.74) is 0.0749. The van der Waals surface area contributed by atoms with Gasteiger partial charge >= 0.3 is 0 Å². The first-order chi connectivity index (χ1) is 7.65. The van der Waals surface area contributed by atoms with Gasteiger partial charge in [0.25, 0.3) is 0 Å². The number of ketones is 1. The molecule has 1 heterocycles. The Kier molecular flexibility index (Phi) is 3.10. The van der Waals surface area contributed by atoms with Crippen molar-refractivity contribution in [1.82, 2.24) is 0 Å². The van der Waals surface area contributed by atoms with Crippen molar-refractivity contribution in [2.24, 2.45) is 0 Å². The minimum atomic E-state index is -0.727. The number of carbonyl (C=O) groups excluding carboxylic acids is 1. The van der Waals surface area contributed by atoms with Crippen molar-refractivity contribution < 1.29 is 13.6 Å². The maximum Gasteiger partial charge on any atom is 0.168 e. The molecule has 0 saturated heterocycles. The molecule has 0 amide bonds. The van der Waals surface area contributed by atoms with E-state index >= 15 is 0 Å². The summed E-state index contributed by atoms with van der Waals surface area (Å²) in [6.45, 7) is 0. The second-order valence-corrected chi connectivity index (χ2v) is 4.37. The molecule has 16 heavy (non-hydrogen) atoms. The highest BCUT2D eigenvalue weighted by molar-refractivity contribution is 7.10. The van der Waals surface area contributed by atoms with Crippen LogP contribution < -0.4 is 0 Å². The van der Waals surface area contributed by atoms with Gasteiger partial charge in [0.1, 0.15) is 11.6 Å². The van der Waals surface area contributed by atoms with Crippen molar-refractivity contribution in [2.45, 2.75) is 6.42 Å². The Morgan fingerprint density at radius 2 is 1.88 bits per heavy atom. The lowest BCUT2D eigenvalue weighted by atomic mass is 10.1. The van der Waals surface area contributed by atoms with Gasteiger partial charge in [-0.05, 0) is 23.6 Å². The van der Waals surface area contributed by atoms with E-state index in [1.807, 2.05) is 17.5 Å². The van der Waals surface area contributed by atoms with E-state index in [4.69, 9.17) is 0 Å². The van der Waals surface area contributed by atoms with E-state index in [1.54, 1.807) is 0 Å². The predicted octanol–water partition coefficient (Wildman–Crippen LogP) is 3.45. The van der Waals surface area contributed by atoms with Gasteiger partial charge < -0.3 is 0 Å². The molecule has 0 spiro atoms. The van der Waals surface area contributed by atoms with Crippen LogP contribution in [0.3, 0.4) is 0 Å². The third kappa shape index (κ3) is 2.52. The van der Waals surface area contributed by atoms with E-state index in [1.165, 1.54) is 11.3 Å². The minimum absolute atomic E-state index is 0.0749. The van der Waals surface area contributed by atoms with Crippen LogP contribution in [0.5, 0.6) is 0 Å². The third-order valence-electron chi connectivity index (χ3n) is 2.10. The van der Waals surface area contributed by atoms with Crippen LogP contribution in [-0.2, 0) is 6.42 Å². The highest BCUT2D eigenvalue weighted by Crippen LogP contribution is 2.14. The maximum atomic E-state index is 12.9. The monoisotopic (exact) mass is 238 g/mol. The van der Waals surface area contributed by atoms with E-state index in [2.05, 4.69) is 0 Å². The first-order valence-corrected chi connectivity index (χ1v) is 5.55. The van der Waals surface area contributed by atoms with Gasteiger partial charge in [-0.25, -0.2) is 8.78 Å². The van der Waals surface area contributed by atoms with Gasteiger partial charge in [0.15, 0.2) is 5.78 Å². The third-order valence-corrected chi connectivity index (χ3v) is 2.98. The minimum Gasteiger partial charge on any atom is -0.294 e. The molecule has 0 aliphatic carbocycles. The zero-order valence-electron chi connectivity index (χ0n) is 8.24. The molecule has 4 heteroatoms. The zero-order chi connectivity index (χ0) is 11.5. The summed E-state index contributed by atoms with van der Waals surface area (Å²) in [4.78, 5) is 12.6. The summed E-state index contributed by atoms with van der Waals surface area (Å²) >= 11 is 1.45. The highest BCUT2D eigenvalue weighted by atomic mass is 32.1. The Bertz CT molecular complexity index is 485. The number of carbonyl (C=O) groups is 1. The van der Waals surface area contributed by atoms with Crippen LogP contribution in [0.4, 0.5) is 8.78 Å². The molecule has 0 unspecified atom stereocenters. The average Bonchev–Trinajstić information content (AvgIpc) is 2.68. The fourth-order valence-corrected chi connectivity index (χ4v) is 2.09. The van der Waals surface area contributed by atoms with Crippen LogP contribution in [0.15, 0.2) is 35.7 Å². The van der Waals surface area contributed by atoms with Crippen molar-refractivity contribution in [3.05, 3.63) is 57.8 Å². The molecule has 1 nitrogen and oxygen atoms in total. The summed E-state index contributed by atoms with van der Waals surface area (Å²) in [6.07, 6.45) is 0.181. The molecule has 2 rings (SSSR count). The van der Waals surface area contributed by atoms with Crippen LogP contribution in [0, 0.1) is 11.6 Å². The molecular formula is C12H8F2OS. The fraction of sp³-hybridized carbons (Fsp3) is 0.0833. The van der Waals surface area contributed by atoms with Crippen LogP contribution >= 0.6 is 11.3 Å². The molecule has 0 atom stereocenters. The van der Waals surface area contributed by atoms with Crippen molar-refractivity contribution in [2.75, 3.05) is 0 Å². The van der Waals surface area contributed by atoms with Crippen LogP contribution in [0.2, 0.25) is 0 Å². The molecule has 0 fully saturated rings. The number of rotatable bonds is 3. The van der Waals surface area contributed by atoms with Gasteiger partial charge in [0.2, 0.25) is 0 Å². The molecule has 2 aromatic rings. The Morgan fingerprint density at radius 1 is 1.19 bits per heavy atom. The summed E-state index contributed by atoms with van der Waals surface area (Å²) < 4.78 is 25.8. The highest BCUT2D eigenvalue weighted by Gasteiger charge is 2.10. The lowest BCUT2D eigenvalue weighted by Crippen LogP contribution is -2.03. The van der Waals surface area contributed by atoms with Crippen LogP contribution in [0.1, 0.15) is 15.2 Å². The zero-order valence-corrected chi connectivity index (χ0v) is 9.06. The largest absolute Gasteiger partial charge is 0.294 e. The Balaban J connectivity index is 2.21. The SMILES string of the molecule is O=C(Cc1cccs1)c1cc(F)cc(F)c1. The maximum absolute atomic E-state index is 12.9. The standard InChI is InChI=1S/C12H8F2OS/c13-9-4-8(5-10(14)6-9)12(15)7-11-2-1-3-16-11/h1-6H,7H2. The van der Waals surface area contributed by atoms with Crippen molar-refractivity contribution in [3.63, 3.8) is 0 Å². The first-order valence-electron chi connectivity index (χ1n) is 4.67. The van der Waals surface area contributed by atoms with E-state index in [9.17, 15) is 13.6 Å². The van der Waals surface area contributed by atoms with Crippen molar-refractivity contribution in [3.8, 4) is 0 Å². The van der Waals surface area contributed by atoms with Gasteiger partial charge in [-0.1, -0.05) is 6.07 Å².